The van der Waals surface area contributed by atoms with Gasteiger partial charge in [-0.2, -0.15) is 0 Å². The zero-order chi connectivity index (χ0) is 18.0. The fourth-order valence-corrected chi connectivity index (χ4v) is 3.68. The van der Waals surface area contributed by atoms with E-state index in [4.69, 9.17) is 0 Å². The molecule has 3 rings (SSSR count). The second-order valence-corrected chi connectivity index (χ2v) is 7.49. The van der Waals surface area contributed by atoms with Crippen LogP contribution in [0.5, 0.6) is 0 Å². The molecule has 0 saturated carbocycles. The maximum atomic E-state index is 12.1. The van der Waals surface area contributed by atoms with Crippen LogP contribution in [-0.2, 0) is 0 Å². The predicted octanol–water partition coefficient (Wildman–Crippen LogP) is 3.36. The molecule has 4 heteroatoms. The van der Waals surface area contributed by atoms with Crippen molar-refractivity contribution < 1.29 is 0 Å². The van der Waals surface area contributed by atoms with Crippen molar-refractivity contribution in [1.82, 2.24) is 4.90 Å². The Balaban J connectivity index is 1.68. The summed E-state index contributed by atoms with van der Waals surface area (Å²) in [5, 5.41) is 3.22. The van der Waals surface area contributed by atoms with E-state index in [0.717, 1.165) is 18.7 Å². The first-order valence-corrected chi connectivity index (χ1v) is 9.40. The van der Waals surface area contributed by atoms with E-state index < -0.39 is 0 Å². The average Bonchev–Trinajstić information content (AvgIpc) is 2.62. The molecule has 0 unspecified atom stereocenters. The van der Waals surface area contributed by atoms with Crippen molar-refractivity contribution in [2.75, 3.05) is 25.0 Å². The van der Waals surface area contributed by atoms with Crippen molar-refractivity contribution in [2.45, 2.75) is 52.0 Å². The number of nitrogens with zero attached hydrogens (tertiary/aromatic N) is 1. The van der Waals surface area contributed by atoms with Gasteiger partial charge in [0.15, 0.2) is 0 Å². The molecule has 0 bridgehead atoms. The SMILES string of the molecule is CC(C)c1ccc(-c2c(NCCN3CCCC[C@@H]3C)c(=O)c2=O)cc1. The molecule has 1 aliphatic heterocycles. The van der Waals surface area contributed by atoms with Crippen LogP contribution in [0.1, 0.15) is 51.5 Å². The number of rotatable bonds is 6. The third-order valence-corrected chi connectivity index (χ3v) is 5.42. The zero-order valence-electron chi connectivity index (χ0n) is 15.5. The predicted molar refractivity (Wildman–Crippen MR) is 104 cm³/mol. The Bertz CT molecular complexity index is 785. The highest BCUT2D eigenvalue weighted by atomic mass is 16.2. The van der Waals surface area contributed by atoms with Gasteiger partial charge in [-0.25, -0.2) is 0 Å². The Kier molecular flexibility index (Phi) is 5.38. The molecule has 2 aromatic carbocycles. The topological polar surface area (TPSA) is 49.4 Å². The number of likely N-dealkylation sites (tertiary alicyclic amines) is 1. The highest BCUT2D eigenvalue weighted by molar-refractivity contribution is 5.81. The van der Waals surface area contributed by atoms with Crippen LogP contribution in [0, 0.1) is 0 Å². The lowest BCUT2D eigenvalue weighted by Crippen LogP contribution is -2.42. The number of anilines is 1. The van der Waals surface area contributed by atoms with E-state index in [0.29, 0.717) is 29.8 Å². The summed E-state index contributed by atoms with van der Waals surface area (Å²) in [6.45, 7) is 9.27. The van der Waals surface area contributed by atoms with Gasteiger partial charge in [-0.05, 0) is 43.4 Å². The summed E-state index contributed by atoms with van der Waals surface area (Å²) < 4.78 is 0. The van der Waals surface area contributed by atoms with Crippen LogP contribution < -0.4 is 16.2 Å². The molecule has 0 spiro atoms. The van der Waals surface area contributed by atoms with E-state index in [9.17, 15) is 9.59 Å². The van der Waals surface area contributed by atoms with Gasteiger partial charge < -0.3 is 5.32 Å². The van der Waals surface area contributed by atoms with E-state index in [2.05, 4.69) is 31.0 Å². The molecule has 0 aliphatic carbocycles. The lowest BCUT2D eigenvalue weighted by atomic mass is 9.95. The number of piperidine rings is 1. The molecule has 1 heterocycles. The minimum Gasteiger partial charge on any atom is -0.380 e. The number of hydrogen-bond acceptors (Lipinski definition) is 4. The van der Waals surface area contributed by atoms with Gasteiger partial charge in [0.1, 0.15) is 0 Å². The monoisotopic (exact) mass is 340 g/mol. The summed E-state index contributed by atoms with van der Waals surface area (Å²) >= 11 is 0. The highest BCUT2D eigenvalue weighted by Gasteiger charge is 2.23. The third-order valence-electron chi connectivity index (χ3n) is 5.42. The smallest absolute Gasteiger partial charge is 0.250 e. The van der Waals surface area contributed by atoms with Gasteiger partial charge in [0.05, 0.1) is 11.3 Å². The van der Waals surface area contributed by atoms with Crippen LogP contribution in [0.2, 0.25) is 0 Å². The quantitative estimate of drug-likeness (QED) is 0.819. The molecule has 4 nitrogen and oxygen atoms in total. The molecular formula is C21H28N2O2. The van der Waals surface area contributed by atoms with Crippen LogP contribution >= 0.6 is 0 Å². The van der Waals surface area contributed by atoms with E-state index >= 15 is 0 Å². The minimum absolute atomic E-state index is 0.369. The highest BCUT2D eigenvalue weighted by Crippen LogP contribution is 2.25. The second kappa shape index (κ2) is 7.52. The number of benzene rings is 1. The third kappa shape index (κ3) is 3.69. The fraction of sp³-hybridized carbons (Fsp3) is 0.524. The first kappa shape index (κ1) is 17.9. The van der Waals surface area contributed by atoms with Gasteiger partial charge in [0.2, 0.25) is 10.9 Å². The largest absolute Gasteiger partial charge is 0.380 e. The van der Waals surface area contributed by atoms with Crippen molar-refractivity contribution >= 4 is 5.69 Å². The van der Waals surface area contributed by atoms with Gasteiger partial charge in [-0.1, -0.05) is 44.5 Å². The van der Waals surface area contributed by atoms with Crippen molar-refractivity contribution in [3.05, 3.63) is 50.3 Å². The molecule has 0 radical (unpaired) electrons. The molecule has 1 N–H and O–H groups in total. The lowest BCUT2D eigenvalue weighted by molar-refractivity contribution is 0.167. The molecule has 1 atom stereocenters. The summed E-state index contributed by atoms with van der Waals surface area (Å²) in [5.74, 6) is 0.450. The summed E-state index contributed by atoms with van der Waals surface area (Å²) in [5.41, 5.74) is 2.36. The molecule has 0 aromatic heterocycles. The lowest BCUT2D eigenvalue weighted by Gasteiger charge is -2.33. The normalized spacial score (nSPS) is 18.8. The van der Waals surface area contributed by atoms with E-state index in [1.54, 1.807) is 0 Å². The van der Waals surface area contributed by atoms with Gasteiger partial charge in [-0.15, -0.1) is 0 Å². The average molecular weight is 340 g/mol. The maximum absolute atomic E-state index is 12.1. The Hall–Kier alpha value is -1.94. The summed E-state index contributed by atoms with van der Waals surface area (Å²) in [4.78, 5) is 26.5. The van der Waals surface area contributed by atoms with Gasteiger partial charge >= 0.3 is 0 Å². The molecule has 1 aliphatic rings. The zero-order valence-corrected chi connectivity index (χ0v) is 15.5. The Morgan fingerprint density at radius 3 is 2.48 bits per heavy atom. The van der Waals surface area contributed by atoms with Gasteiger partial charge in [0.25, 0.3) is 0 Å². The second-order valence-electron chi connectivity index (χ2n) is 7.49. The first-order chi connectivity index (χ1) is 12.0. The van der Waals surface area contributed by atoms with Gasteiger partial charge in [0, 0.05) is 19.1 Å². The summed E-state index contributed by atoms with van der Waals surface area (Å²) in [6.07, 6.45) is 3.80. The maximum Gasteiger partial charge on any atom is 0.250 e. The van der Waals surface area contributed by atoms with E-state index in [1.165, 1.54) is 24.8 Å². The fourth-order valence-electron chi connectivity index (χ4n) is 3.68. The van der Waals surface area contributed by atoms with E-state index in [1.807, 2.05) is 24.3 Å². The van der Waals surface area contributed by atoms with Crippen molar-refractivity contribution in [3.8, 4) is 11.1 Å². The summed E-state index contributed by atoms with van der Waals surface area (Å²) in [6, 6.07) is 8.57. The number of nitrogens with one attached hydrogen (secondary N) is 1. The number of hydrogen-bond donors (Lipinski definition) is 1. The minimum atomic E-state index is -0.380. The van der Waals surface area contributed by atoms with Crippen LogP contribution in [-0.4, -0.2) is 30.6 Å². The Morgan fingerprint density at radius 1 is 1.12 bits per heavy atom. The molecule has 2 aromatic rings. The van der Waals surface area contributed by atoms with Crippen molar-refractivity contribution in [3.63, 3.8) is 0 Å². The molecule has 25 heavy (non-hydrogen) atoms. The standard InChI is InChI=1S/C21H28N2O2/c1-14(2)16-7-9-17(10-8-16)18-19(21(25)20(18)24)22-11-13-23-12-5-4-6-15(23)3/h7-10,14-15,22H,4-6,11-13H2,1-3H3/t15-/m0/s1. The van der Waals surface area contributed by atoms with Crippen LogP contribution in [0.25, 0.3) is 11.1 Å². The van der Waals surface area contributed by atoms with E-state index in [-0.39, 0.29) is 10.9 Å². The van der Waals surface area contributed by atoms with Gasteiger partial charge in [-0.3, -0.25) is 14.5 Å². The Morgan fingerprint density at radius 2 is 1.84 bits per heavy atom. The summed E-state index contributed by atoms with van der Waals surface area (Å²) in [7, 11) is 0. The molecule has 0 amide bonds. The van der Waals surface area contributed by atoms with Crippen LogP contribution in [0.15, 0.2) is 33.9 Å². The van der Waals surface area contributed by atoms with Crippen LogP contribution in [0.3, 0.4) is 0 Å². The van der Waals surface area contributed by atoms with Crippen molar-refractivity contribution in [1.29, 1.82) is 0 Å². The Labute approximate surface area is 149 Å². The molecule has 1 saturated heterocycles. The molecular weight excluding hydrogens is 312 g/mol. The first-order valence-electron chi connectivity index (χ1n) is 9.40. The van der Waals surface area contributed by atoms with Crippen molar-refractivity contribution in [2.24, 2.45) is 0 Å². The van der Waals surface area contributed by atoms with Crippen LogP contribution in [0.4, 0.5) is 5.69 Å². The molecule has 1 fully saturated rings. The molecule has 134 valence electrons.